The number of aryl methyl sites for hydroxylation is 1. The number of hydrogen-bond acceptors (Lipinski definition) is 4. The number of para-hydroxylation sites is 1. The van der Waals surface area contributed by atoms with Gasteiger partial charge in [-0.15, -0.1) is 0 Å². The molecule has 0 unspecified atom stereocenters. The van der Waals surface area contributed by atoms with E-state index in [2.05, 4.69) is 11.4 Å². The number of rotatable bonds is 7. The van der Waals surface area contributed by atoms with Gasteiger partial charge in [0.05, 0.1) is 13.0 Å². The van der Waals surface area contributed by atoms with Crippen molar-refractivity contribution in [2.24, 2.45) is 0 Å². The van der Waals surface area contributed by atoms with E-state index < -0.39 is 0 Å². The maximum atomic E-state index is 12.6. The summed E-state index contributed by atoms with van der Waals surface area (Å²) in [6.07, 6.45) is 2.19. The highest BCUT2D eigenvalue weighted by atomic mass is 16.5. The third-order valence-corrected chi connectivity index (χ3v) is 4.50. The molecule has 6 nitrogen and oxygen atoms in total. The standard InChI is InChI=1S/C21H24N2O4/c24-13-11-22-20(25)14-16-7-9-18(10-8-16)27-15-21(26)23-12-3-5-17-4-1-2-6-19(17)23/h1-2,4,6-10,24H,3,5,11-15H2,(H,22,25). The van der Waals surface area contributed by atoms with Gasteiger partial charge in [0, 0.05) is 18.8 Å². The maximum absolute atomic E-state index is 12.6. The van der Waals surface area contributed by atoms with Crippen molar-refractivity contribution in [3.63, 3.8) is 0 Å². The molecule has 27 heavy (non-hydrogen) atoms. The average molecular weight is 368 g/mol. The van der Waals surface area contributed by atoms with Crippen LogP contribution in [-0.2, 0) is 22.4 Å². The number of aliphatic hydroxyl groups excluding tert-OH is 1. The molecule has 0 fully saturated rings. The first-order valence-corrected chi connectivity index (χ1v) is 9.15. The summed E-state index contributed by atoms with van der Waals surface area (Å²) in [5, 5.41) is 11.3. The lowest BCUT2D eigenvalue weighted by molar-refractivity contribution is -0.121. The zero-order valence-corrected chi connectivity index (χ0v) is 15.2. The van der Waals surface area contributed by atoms with Crippen LogP contribution in [0.15, 0.2) is 48.5 Å². The van der Waals surface area contributed by atoms with E-state index in [9.17, 15) is 9.59 Å². The Kier molecular flexibility index (Phi) is 6.44. The van der Waals surface area contributed by atoms with Crippen LogP contribution in [0.5, 0.6) is 5.75 Å². The summed E-state index contributed by atoms with van der Waals surface area (Å²) >= 11 is 0. The van der Waals surface area contributed by atoms with Crippen molar-refractivity contribution in [1.29, 1.82) is 0 Å². The number of benzene rings is 2. The van der Waals surface area contributed by atoms with Crippen molar-refractivity contribution in [1.82, 2.24) is 5.32 Å². The van der Waals surface area contributed by atoms with Crippen LogP contribution in [0, 0.1) is 0 Å². The number of carbonyl (C=O) groups is 2. The lowest BCUT2D eigenvalue weighted by Gasteiger charge is -2.29. The van der Waals surface area contributed by atoms with Gasteiger partial charge in [0.2, 0.25) is 5.91 Å². The van der Waals surface area contributed by atoms with E-state index in [1.165, 1.54) is 5.56 Å². The molecule has 2 N–H and O–H groups in total. The van der Waals surface area contributed by atoms with Gasteiger partial charge in [-0.25, -0.2) is 0 Å². The number of anilines is 1. The number of aliphatic hydroxyl groups is 1. The highest BCUT2D eigenvalue weighted by molar-refractivity contribution is 5.95. The van der Waals surface area contributed by atoms with Gasteiger partial charge in [0.15, 0.2) is 6.61 Å². The van der Waals surface area contributed by atoms with Crippen molar-refractivity contribution >= 4 is 17.5 Å². The minimum Gasteiger partial charge on any atom is -0.484 e. The molecule has 2 amide bonds. The van der Waals surface area contributed by atoms with E-state index in [0.717, 1.165) is 24.1 Å². The van der Waals surface area contributed by atoms with Gasteiger partial charge in [-0.05, 0) is 42.2 Å². The van der Waals surface area contributed by atoms with Gasteiger partial charge in [-0.1, -0.05) is 30.3 Å². The molecule has 1 aliphatic heterocycles. The Bertz CT molecular complexity index is 789. The van der Waals surface area contributed by atoms with Crippen molar-refractivity contribution in [2.75, 3.05) is 31.2 Å². The number of nitrogens with one attached hydrogen (secondary N) is 1. The van der Waals surface area contributed by atoms with Gasteiger partial charge in [-0.2, -0.15) is 0 Å². The molecule has 2 aromatic carbocycles. The van der Waals surface area contributed by atoms with Crippen LogP contribution >= 0.6 is 0 Å². The number of fused-ring (bicyclic) bond motifs is 1. The average Bonchev–Trinajstić information content (AvgIpc) is 2.71. The second-order valence-corrected chi connectivity index (χ2v) is 6.46. The van der Waals surface area contributed by atoms with Gasteiger partial charge in [0.25, 0.3) is 5.91 Å². The van der Waals surface area contributed by atoms with Crippen LogP contribution in [0.3, 0.4) is 0 Å². The molecule has 0 aromatic heterocycles. The summed E-state index contributed by atoms with van der Waals surface area (Å²) in [7, 11) is 0. The first-order chi connectivity index (χ1) is 13.2. The zero-order valence-electron chi connectivity index (χ0n) is 15.2. The minimum absolute atomic E-state index is 0.0231. The summed E-state index contributed by atoms with van der Waals surface area (Å²) in [5.74, 6) is 0.388. The fraction of sp³-hybridized carbons (Fsp3) is 0.333. The van der Waals surface area contributed by atoms with E-state index in [1.54, 1.807) is 29.2 Å². The largest absolute Gasteiger partial charge is 0.484 e. The minimum atomic E-state index is -0.142. The van der Waals surface area contributed by atoms with Crippen LogP contribution < -0.4 is 15.0 Å². The molecule has 142 valence electrons. The summed E-state index contributed by atoms with van der Waals surface area (Å²) in [5.41, 5.74) is 3.01. The molecular formula is C21H24N2O4. The first-order valence-electron chi connectivity index (χ1n) is 9.15. The number of carbonyl (C=O) groups excluding carboxylic acids is 2. The number of ether oxygens (including phenoxy) is 1. The number of nitrogens with zero attached hydrogens (tertiary/aromatic N) is 1. The van der Waals surface area contributed by atoms with E-state index in [4.69, 9.17) is 9.84 Å². The van der Waals surface area contributed by atoms with Gasteiger partial charge < -0.3 is 20.1 Å². The van der Waals surface area contributed by atoms with Crippen LogP contribution in [-0.4, -0.2) is 43.2 Å². The predicted molar refractivity (Wildman–Crippen MR) is 103 cm³/mol. The Hall–Kier alpha value is -2.86. The van der Waals surface area contributed by atoms with Crippen molar-refractivity contribution in [3.8, 4) is 5.75 Å². The first kappa shape index (κ1) is 18.9. The molecule has 0 saturated heterocycles. The lowest BCUT2D eigenvalue weighted by Crippen LogP contribution is -2.38. The molecule has 0 spiro atoms. The molecule has 0 saturated carbocycles. The van der Waals surface area contributed by atoms with Crippen molar-refractivity contribution in [3.05, 3.63) is 59.7 Å². The number of hydrogen-bond donors (Lipinski definition) is 2. The highest BCUT2D eigenvalue weighted by Gasteiger charge is 2.22. The second-order valence-electron chi connectivity index (χ2n) is 6.46. The zero-order chi connectivity index (χ0) is 19.1. The topological polar surface area (TPSA) is 78.9 Å². The van der Waals surface area contributed by atoms with Crippen molar-refractivity contribution < 1.29 is 19.4 Å². The summed E-state index contributed by atoms with van der Waals surface area (Å²) in [6.45, 7) is 0.863. The fourth-order valence-electron chi connectivity index (χ4n) is 3.16. The molecule has 2 aromatic rings. The van der Waals surface area contributed by atoms with Gasteiger partial charge in [0.1, 0.15) is 5.75 Å². The lowest BCUT2D eigenvalue weighted by atomic mass is 10.0. The third kappa shape index (κ3) is 5.08. The Morgan fingerprint density at radius 3 is 2.67 bits per heavy atom. The van der Waals surface area contributed by atoms with Gasteiger partial charge in [-0.3, -0.25) is 9.59 Å². The second kappa shape index (κ2) is 9.19. The number of amides is 2. The quantitative estimate of drug-likeness (QED) is 0.780. The van der Waals surface area contributed by atoms with E-state index in [0.29, 0.717) is 12.3 Å². The van der Waals surface area contributed by atoms with Crippen LogP contribution in [0.4, 0.5) is 5.69 Å². The Balaban J connectivity index is 1.53. The molecule has 0 bridgehead atoms. The molecule has 0 atom stereocenters. The molecule has 0 radical (unpaired) electrons. The third-order valence-electron chi connectivity index (χ3n) is 4.50. The summed E-state index contributed by atoms with van der Waals surface area (Å²) in [6, 6.07) is 15.1. The monoisotopic (exact) mass is 368 g/mol. The molecule has 1 aliphatic rings. The van der Waals surface area contributed by atoms with E-state index in [1.807, 2.05) is 18.2 Å². The predicted octanol–water partition coefficient (Wildman–Crippen LogP) is 1.70. The highest BCUT2D eigenvalue weighted by Crippen LogP contribution is 2.26. The summed E-state index contributed by atoms with van der Waals surface area (Å²) in [4.78, 5) is 26.0. The smallest absolute Gasteiger partial charge is 0.264 e. The van der Waals surface area contributed by atoms with Crippen LogP contribution in [0.1, 0.15) is 17.5 Å². The molecule has 3 rings (SSSR count). The van der Waals surface area contributed by atoms with Crippen LogP contribution in [0.25, 0.3) is 0 Å². The molecule has 6 heteroatoms. The Labute approximate surface area is 158 Å². The Morgan fingerprint density at radius 2 is 1.89 bits per heavy atom. The molecule has 0 aliphatic carbocycles. The van der Waals surface area contributed by atoms with Crippen molar-refractivity contribution in [2.45, 2.75) is 19.3 Å². The molecular weight excluding hydrogens is 344 g/mol. The fourth-order valence-corrected chi connectivity index (χ4v) is 3.16. The summed E-state index contributed by atoms with van der Waals surface area (Å²) < 4.78 is 5.64. The SMILES string of the molecule is O=C(Cc1ccc(OCC(=O)N2CCCc3ccccc32)cc1)NCCO. The Morgan fingerprint density at radius 1 is 1.11 bits per heavy atom. The van der Waals surface area contributed by atoms with E-state index in [-0.39, 0.29) is 38.0 Å². The molecule has 1 heterocycles. The van der Waals surface area contributed by atoms with Gasteiger partial charge >= 0.3 is 0 Å². The van der Waals surface area contributed by atoms with Crippen LogP contribution in [0.2, 0.25) is 0 Å². The van der Waals surface area contributed by atoms with E-state index >= 15 is 0 Å². The maximum Gasteiger partial charge on any atom is 0.264 e. The normalized spacial score (nSPS) is 13.0.